The number of aromatic nitrogens is 6. The number of hydrogen-bond donors (Lipinski definition) is 2. The fraction of sp³-hybridized carbons (Fsp3) is 0.393. The van der Waals surface area contributed by atoms with Gasteiger partial charge in [-0.1, -0.05) is 43.0 Å². The Labute approximate surface area is 205 Å². The van der Waals surface area contributed by atoms with Crippen LogP contribution >= 0.6 is 0 Å². The van der Waals surface area contributed by atoms with Crippen LogP contribution in [0.25, 0.3) is 33.1 Å². The van der Waals surface area contributed by atoms with Crippen molar-refractivity contribution >= 4 is 21.8 Å². The predicted molar refractivity (Wildman–Crippen MR) is 140 cm³/mol. The number of fused-ring (bicyclic) bond motifs is 2. The summed E-state index contributed by atoms with van der Waals surface area (Å²) in [6.45, 7) is 1.54. The normalized spacial score (nSPS) is 14.4. The minimum absolute atomic E-state index is 0.685. The molecule has 1 aliphatic carbocycles. The van der Waals surface area contributed by atoms with Crippen LogP contribution in [0.2, 0.25) is 0 Å². The van der Waals surface area contributed by atoms with Crippen molar-refractivity contribution in [3.8, 4) is 11.3 Å². The summed E-state index contributed by atoms with van der Waals surface area (Å²) in [6, 6.07) is 13.3. The largest absolute Gasteiger partial charge is 0.358 e. The second-order valence-corrected chi connectivity index (χ2v) is 10.4. The van der Waals surface area contributed by atoms with Gasteiger partial charge in [0.15, 0.2) is 0 Å². The Balaban J connectivity index is 1.19. The Morgan fingerprint density at radius 1 is 1.06 bits per heavy atom. The first-order valence-electron chi connectivity index (χ1n) is 12.7. The number of nitrogens with zero attached hydrogens (tertiary/aromatic N) is 5. The van der Waals surface area contributed by atoms with Gasteiger partial charge < -0.3 is 9.88 Å². The van der Waals surface area contributed by atoms with Gasteiger partial charge >= 0.3 is 0 Å². The number of rotatable bonds is 9. The maximum atomic E-state index is 4.51. The van der Waals surface area contributed by atoms with Gasteiger partial charge in [-0.15, -0.1) is 5.10 Å². The fourth-order valence-corrected chi connectivity index (χ4v) is 5.30. The molecule has 5 aromatic rings. The molecule has 3 aromatic heterocycles. The Kier molecular flexibility index (Phi) is 5.86. The maximum absolute atomic E-state index is 4.51. The lowest BCUT2D eigenvalue weighted by atomic mass is 9.82. The molecule has 1 aliphatic rings. The van der Waals surface area contributed by atoms with Crippen molar-refractivity contribution in [2.75, 3.05) is 14.1 Å². The van der Waals surface area contributed by atoms with Crippen molar-refractivity contribution in [3.63, 3.8) is 0 Å². The van der Waals surface area contributed by atoms with Crippen LogP contribution in [-0.2, 0) is 19.5 Å². The van der Waals surface area contributed by atoms with Gasteiger partial charge in [-0.05, 0) is 73.6 Å². The molecule has 0 spiro atoms. The van der Waals surface area contributed by atoms with Gasteiger partial charge in [0.2, 0.25) is 0 Å². The van der Waals surface area contributed by atoms with Gasteiger partial charge in [-0.3, -0.25) is 5.10 Å². The fourth-order valence-electron chi connectivity index (χ4n) is 5.30. The number of H-pyrrole nitrogens is 2. The van der Waals surface area contributed by atoms with Crippen LogP contribution in [0.1, 0.15) is 48.9 Å². The number of aryl methyl sites for hydroxylation is 1. The summed E-state index contributed by atoms with van der Waals surface area (Å²) in [7, 11) is 4.15. The zero-order valence-electron chi connectivity index (χ0n) is 20.6. The molecular formula is C28H33N7. The van der Waals surface area contributed by atoms with Gasteiger partial charge in [0.05, 0.1) is 24.5 Å². The van der Waals surface area contributed by atoms with Crippen LogP contribution < -0.4 is 0 Å². The average Bonchev–Trinajstić information content (AvgIpc) is 3.53. The summed E-state index contributed by atoms with van der Waals surface area (Å²) in [5.74, 6) is 0.985. The van der Waals surface area contributed by atoms with E-state index in [1.165, 1.54) is 59.8 Å². The molecule has 1 fully saturated rings. The smallest absolute Gasteiger partial charge is 0.113 e. The Morgan fingerprint density at radius 2 is 1.94 bits per heavy atom. The summed E-state index contributed by atoms with van der Waals surface area (Å²) in [4.78, 5) is 5.80. The molecule has 1 saturated carbocycles. The summed E-state index contributed by atoms with van der Waals surface area (Å²) in [6.07, 6.45) is 12.0. The molecule has 0 bridgehead atoms. The molecule has 0 radical (unpaired) electrons. The lowest BCUT2D eigenvalue weighted by Crippen LogP contribution is -2.10. The van der Waals surface area contributed by atoms with Crippen LogP contribution in [0.15, 0.2) is 48.8 Å². The van der Waals surface area contributed by atoms with Gasteiger partial charge in [-0.25, -0.2) is 4.68 Å². The first-order chi connectivity index (χ1) is 17.1. The van der Waals surface area contributed by atoms with Crippen molar-refractivity contribution in [1.82, 2.24) is 35.1 Å². The molecule has 0 atom stereocenters. The topological polar surface area (TPSA) is 78.4 Å². The van der Waals surface area contributed by atoms with Crippen molar-refractivity contribution in [3.05, 3.63) is 65.6 Å². The predicted octanol–water partition coefficient (Wildman–Crippen LogP) is 5.54. The second kappa shape index (κ2) is 9.30. The summed E-state index contributed by atoms with van der Waals surface area (Å²) >= 11 is 0. The molecule has 0 unspecified atom stereocenters. The highest BCUT2D eigenvalue weighted by atomic mass is 15.4. The standard InChI is InChI=1S/C28H33N7/c1-34(2)16-21-11-24(25-15-29-31-27(25)13-21)28-18-35(33-32-28)17-20-9-10-22-14-23(30-26(22)12-20)8-4-7-19-5-3-6-19/h9-15,18-19,30H,3-8,16-17H2,1-2H3,(H,29,31). The number of hydrogen-bond acceptors (Lipinski definition) is 4. The van der Waals surface area contributed by atoms with Crippen LogP contribution in [-0.4, -0.2) is 49.2 Å². The molecule has 2 N–H and O–H groups in total. The van der Waals surface area contributed by atoms with Crippen molar-refractivity contribution in [1.29, 1.82) is 0 Å². The summed E-state index contributed by atoms with van der Waals surface area (Å²) < 4.78 is 1.92. The molecular weight excluding hydrogens is 434 g/mol. The van der Waals surface area contributed by atoms with E-state index in [9.17, 15) is 0 Å². The van der Waals surface area contributed by atoms with E-state index in [0.717, 1.165) is 41.0 Å². The third kappa shape index (κ3) is 4.73. The highest BCUT2D eigenvalue weighted by molar-refractivity contribution is 5.93. The second-order valence-electron chi connectivity index (χ2n) is 10.4. The quantitative estimate of drug-likeness (QED) is 0.299. The van der Waals surface area contributed by atoms with E-state index in [2.05, 4.69) is 80.9 Å². The van der Waals surface area contributed by atoms with Crippen molar-refractivity contribution < 1.29 is 0 Å². The molecule has 0 saturated heterocycles. The number of benzene rings is 2. The molecule has 6 rings (SSSR count). The molecule has 180 valence electrons. The van der Waals surface area contributed by atoms with E-state index in [1.807, 2.05) is 17.1 Å². The van der Waals surface area contributed by atoms with E-state index < -0.39 is 0 Å². The van der Waals surface area contributed by atoms with Gasteiger partial charge in [-0.2, -0.15) is 5.10 Å². The highest BCUT2D eigenvalue weighted by Crippen LogP contribution is 2.31. The van der Waals surface area contributed by atoms with Crippen LogP contribution in [0.3, 0.4) is 0 Å². The summed E-state index contributed by atoms with van der Waals surface area (Å²) in [5.41, 5.74) is 7.94. The highest BCUT2D eigenvalue weighted by Gasteiger charge is 2.17. The van der Waals surface area contributed by atoms with Crippen LogP contribution in [0.4, 0.5) is 0 Å². The van der Waals surface area contributed by atoms with Crippen LogP contribution in [0, 0.1) is 5.92 Å². The van der Waals surface area contributed by atoms with Gasteiger partial charge in [0, 0.05) is 28.7 Å². The van der Waals surface area contributed by atoms with Crippen molar-refractivity contribution in [2.45, 2.75) is 51.6 Å². The minimum atomic E-state index is 0.685. The van der Waals surface area contributed by atoms with Gasteiger partial charge in [0.1, 0.15) is 5.69 Å². The molecule has 2 aromatic carbocycles. The third-order valence-electron chi connectivity index (χ3n) is 7.30. The zero-order chi connectivity index (χ0) is 23.8. The molecule has 7 heteroatoms. The van der Waals surface area contributed by atoms with E-state index in [1.54, 1.807) is 0 Å². The maximum Gasteiger partial charge on any atom is 0.113 e. The lowest BCUT2D eigenvalue weighted by Gasteiger charge is -2.24. The number of nitrogens with one attached hydrogen (secondary N) is 2. The molecule has 0 amide bonds. The summed E-state index contributed by atoms with van der Waals surface area (Å²) in [5, 5.41) is 18.7. The van der Waals surface area contributed by atoms with Crippen molar-refractivity contribution in [2.24, 2.45) is 5.92 Å². The number of aromatic amines is 2. The Hall–Kier alpha value is -3.45. The van der Waals surface area contributed by atoms with E-state index in [0.29, 0.717) is 6.54 Å². The van der Waals surface area contributed by atoms with Gasteiger partial charge in [0.25, 0.3) is 0 Å². The van der Waals surface area contributed by atoms with Crippen LogP contribution in [0.5, 0.6) is 0 Å². The Bertz CT molecular complexity index is 1450. The molecule has 3 heterocycles. The lowest BCUT2D eigenvalue weighted by molar-refractivity contribution is 0.290. The monoisotopic (exact) mass is 467 g/mol. The SMILES string of the molecule is CN(C)Cc1cc(-c2cn(Cc3ccc4cc(CCCC5CCC5)[nH]c4c3)nn2)c2cn[nH]c2c1. The molecule has 7 nitrogen and oxygen atoms in total. The molecule has 0 aliphatic heterocycles. The average molecular weight is 468 g/mol. The minimum Gasteiger partial charge on any atom is -0.358 e. The third-order valence-corrected chi connectivity index (χ3v) is 7.30. The van der Waals surface area contributed by atoms with E-state index in [-0.39, 0.29) is 0 Å². The zero-order valence-corrected chi connectivity index (χ0v) is 20.6. The Morgan fingerprint density at radius 3 is 2.77 bits per heavy atom. The van der Waals surface area contributed by atoms with E-state index in [4.69, 9.17) is 0 Å². The first kappa shape index (κ1) is 22.0. The first-order valence-corrected chi connectivity index (χ1v) is 12.7. The van der Waals surface area contributed by atoms with E-state index >= 15 is 0 Å². The molecule has 35 heavy (non-hydrogen) atoms.